The van der Waals surface area contributed by atoms with E-state index in [1.165, 1.54) is 24.6 Å². The van der Waals surface area contributed by atoms with Crippen LogP contribution < -0.4 is 0 Å². The standard InChI is InChI=1S/C14H15N7OS/c1-2-4-11(3-1)21-14(17-19-20-21)23-9-12-16-13(18-22-12)10-5-7-15-8-6-10/h5-8,11H,1-4,9H2. The number of thioether (sulfide) groups is 1. The van der Waals surface area contributed by atoms with Gasteiger partial charge in [-0.05, 0) is 35.4 Å². The van der Waals surface area contributed by atoms with E-state index in [-0.39, 0.29) is 0 Å². The maximum absolute atomic E-state index is 5.30. The summed E-state index contributed by atoms with van der Waals surface area (Å²) in [4.78, 5) is 8.38. The number of pyridine rings is 1. The average Bonchev–Trinajstić information content (AvgIpc) is 3.33. The molecule has 23 heavy (non-hydrogen) atoms. The number of aromatic nitrogens is 7. The summed E-state index contributed by atoms with van der Waals surface area (Å²) in [6.45, 7) is 0. The average molecular weight is 329 g/mol. The van der Waals surface area contributed by atoms with E-state index in [4.69, 9.17) is 4.52 Å². The minimum Gasteiger partial charge on any atom is -0.338 e. The fraction of sp³-hybridized carbons (Fsp3) is 0.429. The predicted molar refractivity (Wildman–Crippen MR) is 82.4 cm³/mol. The molecule has 0 bridgehead atoms. The van der Waals surface area contributed by atoms with Crippen LogP contribution in [0.3, 0.4) is 0 Å². The molecule has 1 aliphatic rings. The minimum absolute atomic E-state index is 0.419. The van der Waals surface area contributed by atoms with E-state index in [1.807, 2.05) is 16.8 Å². The van der Waals surface area contributed by atoms with Crippen LogP contribution in [0.15, 0.2) is 34.2 Å². The van der Waals surface area contributed by atoms with Crippen molar-refractivity contribution >= 4 is 11.8 Å². The van der Waals surface area contributed by atoms with E-state index in [9.17, 15) is 0 Å². The molecule has 0 N–H and O–H groups in total. The molecule has 3 aromatic heterocycles. The molecule has 3 aromatic rings. The highest BCUT2D eigenvalue weighted by molar-refractivity contribution is 7.98. The maximum Gasteiger partial charge on any atom is 0.237 e. The van der Waals surface area contributed by atoms with Gasteiger partial charge in [0.05, 0.1) is 11.8 Å². The van der Waals surface area contributed by atoms with Crippen LogP contribution in [-0.2, 0) is 5.75 Å². The summed E-state index contributed by atoms with van der Waals surface area (Å²) in [5, 5.41) is 16.8. The number of rotatable bonds is 5. The van der Waals surface area contributed by atoms with Crippen molar-refractivity contribution in [2.75, 3.05) is 0 Å². The van der Waals surface area contributed by atoms with E-state index in [0.717, 1.165) is 23.6 Å². The zero-order chi connectivity index (χ0) is 15.5. The fourth-order valence-electron chi connectivity index (χ4n) is 2.72. The second-order valence-corrected chi connectivity index (χ2v) is 6.32. The summed E-state index contributed by atoms with van der Waals surface area (Å²) < 4.78 is 7.23. The third-order valence-electron chi connectivity index (χ3n) is 3.86. The first-order valence-electron chi connectivity index (χ1n) is 7.54. The molecule has 0 amide bonds. The lowest BCUT2D eigenvalue weighted by Gasteiger charge is -2.09. The SMILES string of the molecule is c1cc(-c2noc(CSc3nnnn3C3CCCC3)n2)ccn1. The first-order valence-corrected chi connectivity index (χ1v) is 8.52. The van der Waals surface area contributed by atoms with E-state index >= 15 is 0 Å². The Kier molecular flexibility index (Phi) is 4.01. The summed E-state index contributed by atoms with van der Waals surface area (Å²) in [7, 11) is 0. The highest BCUT2D eigenvalue weighted by Gasteiger charge is 2.22. The minimum atomic E-state index is 0.419. The van der Waals surface area contributed by atoms with Crippen LogP contribution in [0, 0.1) is 0 Å². The topological polar surface area (TPSA) is 95.4 Å². The Morgan fingerprint density at radius 1 is 1.22 bits per heavy atom. The molecule has 118 valence electrons. The van der Waals surface area contributed by atoms with Crippen LogP contribution in [0.25, 0.3) is 11.4 Å². The molecule has 0 radical (unpaired) electrons. The van der Waals surface area contributed by atoms with Crippen LogP contribution in [0.2, 0.25) is 0 Å². The Morgan fingerprint density at radius 2 is 2.04 bits per heavy atom. The molecule has 0 saturated heterocycles. The lowest BCUT2D eigenvalue weighted by molar-refractivity contribution is 0.391. The first kappa shape index (κ1) is 14.3. The van der Waals surface area contributed by atoms with Crippen molar-refractivity contribution in [3.8, 4) is 11.4 Å². The van der Waals surface area contributed by atoms with Gasteiger partial charge in [0, 0.05) is 18.0 Å². The van der Waals surface area contributed by atoms with Crippen LogP contribution in [-0.4, -0.2) is 35.3 Å². The molecule has 1 fully saturated rings. The summed E-state index contributed by atoms with van der Waals surface area (Å²) in [5.74, 6) is 1.67. The number of tetrazole rings is 1. The van der Waals surface area contributed by atoms with Gasteiger partial charge < -0.3 is 4.52 Å². The van der Waals surface area contributed by atoms with E-state index in [0.29, 0.717) is 23.5 Å². The first-order chi connectivity index (χ1) is 11.4. The van der Waals surface area contributed by atoms with Crippen LogP contribution in [0.1, 0.15) is 37.6 Å². The predicted octanol–water partition coefficient (Wildman–Crippen LogP) is 2.53. The Morgan fingerprint density at radius 3 is 2.87 bits per heavy atom. The van der Waals surface area contributed by atoms with Crippen molar-refractivity contribution in [2.24, 2.45) is 0 Å². The Hall–Kier alpha value is -2.29. The molecular weight excluding hydrogens is 314 g/mol. The summed E-state index contributed by atoms with van der Waals surface area (Å²) in [5.41, 5.74) is 0.885. The maximum atomic E-state index is 5.30. The molecule has 0 spiro atoms. The monoisotopic (exact) mass is 329 g/mol. The molecular formula is C14H15N7OS. The van der Waals surface area contributed by atoms with E-state index < -0.39 is 0 Å². The van der Waals surface area contributed by atoms with Gasteiger partial charge in [-0.2, -0.15) is 4.98 Å². The number of nitrogens with zero attached hydrogens (tertiary/aromatic N) is 7. The van der Waals surface area contributed by atoms with E-state index in [2.05, 4.69) is 30.7 Å². The van der Waals surface area contributed by atoms with Gasteiger partial charge in [0.1, 0.15) is 0 Å². The molecule has 0 atom stereocenters. The Bertz CT molecular complexity index is 766. The Balaban J connectivity index is 1.44. The molecule has 1 saturated carbocycles. The second-order valence-electron chi connectivity index (χ2n) is 5.38. The number of hydrogen-bond acceptors (Lipinski definition) is 8. The van der Waals surface area contributed by atoms with Crippen LogP contribution in [0.5, 0.6) is 0 Å². The van der Waals surface area contributed by atoms with Crippen LogP contribution >= 0.6 is 11.8 Å². The highest BCUT2D eigenvalue weighted by Crippen LogP contribution is 2.32. The molecule has 3 heterocycles. The molecule has 9 heteroatoms. The molecule has 0 aliphatic heterocycles. The van der Waals surface area contributed by atoms with Crippen molar-refractivity contribution in [3.05, 3.63) is 30.4 Å². The van der Waals surface area contributed by atoms with Crippen molar-refractivity contribution in [1.29, 1.82) is 0 Å². The highest BCUT2D eigenvalue weighted by atomic mass is 32.2. The largest absolute Gasteiger partial charge is 0.338 e. The quantitative estimate of drug-likeness (QED) is 0.659. The third kappa shape index (κ3) is 3.09. The van der Waals surface area contributed by atoms with Gasteiger partial charge in [0.15, 0.2) is 0 Å². The van der Waals surface area contributed by atoms with Gasteiger partial charge in [-0.3, -0.25) is 4.98 Å². The van der Waals surface area contributed by atoms with Crippen molar-refractivity contribution < 1.29 is 4.52 Å². The van der Waals surface area contributed by atoms with Gasteiger partial charge in [0.2, 0.25) is 16.9 Å². The second kappa shape index (κ2) is 6.45. The summed E-state index contributed by atoms with van der Waals surface area (Å²) in [6, 6.07) is 4.12. The molecule has 1 aliphatic carbocycles. The molecule has 0 aromatic carbocycles. The van der Waals surface area contributed by atoms with Crippen molar-refractivity contribution in [3.63, 3.8) is 0 Å². The molecule has 8 nitrogen and oxygen atoms in total. The summed E-state index contributed by atoms with van der Waals surface area (Å²) in [6.07, 6.45) is 8.18. The van der Waals surface area contributed by atoms with Gasteiger partial charge in [-0.1, -0.05) is 29.8 Å². The normalized spacial score (nSPS) is 15.3. The van der Waals surface area contributed by atoms with Crippen molar-refractivity contribution in [1.82, 2.24) is 35.3 Å². The fourth-order valence-corrected chi connectivity index (χ4v) is 3.50. The smallest absolute Gasteiger partial charge is 0.237 e. The number of hydrogen-bond donors (Lipinski definition) is 0. The third-order valence-corrected chi connectivity index (χ3v) is 4.78. The molecule has 4 rings (SSSR count). The summed E-state index contributed by atoms with van der Waals surface area (Å²) >= 11 is 1.52. The van der Waals surface area contributed by atoms with E-state index in [1.54, 1.807) is 12.4 Å². The molecule has 0 unspecified atom stereocenters. The van der Waals surface area contributed by atoms with Gasteiger partial charge in [-0.25, -0.2) is 4.68 Å². The Labute approximate surface area is 136 Å². The van der Waals surface area contributed by atoms with Crippen LogP contribution in [0.4, 0.5) is 0 Å². The van der Waals surface area contributed by atoms with Gasteiger partial charge >= 0.3 is 0 Å². The lowest BCUT2D eigenvalue weighted by atomic mass is 10.3. The van der Waals surface area contributed by atoms with Gasteiger partial charge in [0.25, 0.3) is 0 Å². The zero-order valence-electron chi connectivity index (χ0n) is 12.4. The lowest BCUT2D eigenvalue weighted by Crippen LogP contribution is -2.08. The zero-order valence-corrected chi connectivity index (χ0v) is 13.2. The van der Waals surface area contributed by atoms with Crippen molar-refractivity contribution in [2.45, 2.75) is 42.6 Å². The van der Waals surface area contributed by atoms with Gasteiger partial charge in [-0.15, -0.1) is 5.10 Å².